The van der Waals surface area contributed by atoms with Gasteiger partial charge in [0.2, 0.25) is 5.91 Å². The highest BCUT2D eigenvalue weighted by molar-refractivity contribution is 6.21. The monoisotopic (exact) mass is 453 g/mol. The topological polar surface area (TPSA) is 78.5 Å². The number of imide groups is 1. The smallest absolute Gasteiger partial charge is 0.261 e. The van der Waals surface area contributed by atoms with Crippen LogP contribution in [0.2, 0.25) is 0 Å². The van der Waals surface area contributed by atoms with Crippen molar-refractivity contribution < 1.29 is 14.4 Å². The van der Waals surface area contributed by atoms with Crippen LogP contribution in [-0.4, -0.2) is 29.2 Å². The Balaban J connectivity index is 1.24. The number of para-hydroxylation sites is 1. The molecule has 0 radical (unpaired) electrons. The number of hydrogen-bond donors (Lipinski definition) is 2. The van der Waals surface area contributed by atoms with E-state index in [0.29, 0.717) is 11.1 Å². The molecule has 6 nitrogen and oxygen atoms in total. The van der Waals surface area contributed by atoms with Crippen molar-refractivity contribution in [2.75, 3.05) is 17.2 Å². The molecule has 0 saturated heterocycles. The molecule has 1 aliphatic heterocycles. The van der Waals surface area contributed by atoms with Crippen LogP contribution < -0.4 is 10.6 Å². The summed E-state index contributed by atoms with van der Waals surface area (Å²) in [6.07, 6.45) is 3.55. The van der Waals surface area contributed by atoms with Gasteiger partial charge in [-0.15, -0.1) is 0 Å². The Morgan fingerprint density at radius 1 is 0.735 bits per heavy atom. The number of nitrogens with zero attached hydrogens (tertiary/aromatic N) is 1. The van der Waals surface area contributed by atoms with Gasteiger partial charge in [0.25, 0.3) is 11.8 Å². The summed E-state index contributed by atoms with van der Waals surface area (Å²) in [4.78, 5) is 40.1. The molecule has 1 saturated carbocycles. The first kappa shape index (κ1) is 21.9. The third-order valence-electron chi connectivity index (χ3n) is 6.76. The molecule has 5 rings (SSSR count). The summed E-state index contributed by atoms with van der Waals surface area (Å²) in [7, 11) is 0. The minimum atomic E-state index is -0.258. The first-order valence-electron chi connectivity index (χ1n) is 11.8. The molecule has 2 atom stereocenters. The molecule has 172 valence electrons. The predicted molar refractivity (Wildman–Crippen MR) is 132 cm³/mol. The number of carbonyl (C=O) groups excluding carboxylic acids is 3. The summed E-state index contributed by atoms with van der Waals surface area (Å²) in [5.74, 6) is -0.848. The van der Waals surface area contributed by atoms with Crippen LogP contribution >= 0.6 is 0 Å². The van der Waals surface area contributed by atoms with Crippen LogP contribution in [0.5, 0.6) is 0 Å². The van der Waals surface area contributed by atoms with Gasteiger partial charge in [0.1, 0.15) is 0 Å². The molecular formula is C28H27N3O3. The number of carbonyl (C=O) groups is 3. The zero-order valence-electron chi connectivity index (χ0n) is 18.9. The van der Waals surface area contributed by atoms with Crippen molar-refractivity contribution in [3.05, 3.63) is 90.0 Å². The molecule has 0 spiro atoms. The van der Waals surface area contributed by atoms with Gasteiger partial charge in [-0.1, -0.05) is 43.2 Å². The second-order valence-electron chi connectivity index (χ2n) is 8.98. The normalized spacial score (nSPS) is 19.6. The zero-order chi connectivity index (χ0) is 23.5. The molecule has 1 heterocycles. The second kappa shape index (κ2) is 9.51. The Bertz CT molecular complexity index is 1170. The number of nitrogens with one attached hydrogen (secondary N) is 2. The van der Waals surface area contributed by atoms with Crippen molar-refractivity contribution in [2.45, 2.75) is 25.7 Å². The molecule has 6 heteroatoms. The maximum atomic E-state index is 13.2. The molecule has 0 bridgehead atoms. The van der Waals surface area contributed by atoms with Crippen LogP contribution in [0.3, 0.4) is 0 Å². The van der Waals surface area contributed by atoms with E-state index in [4.69, 9.17) is 0 Å². The van der Waals surface area contributed by atoms with Gasteiger partial charge in [-0.05, 0) is 67.3 Å². The molecule has 3 aromatic carbocycles. The lowest BCUT2D eigenvalue weighted by atomic mass is 9.78. The van der Waals surface area contributed by atoms with Gasteiger partial charge in [0.05, 0.1) is 11.1 Å². The molecule has 34 heavy (non-hydrogen) atoms. The summed E-state index contributed by atoms with van der Waals surface area (Å²) in [6, 6.07) is 24.4. The first-order valence-corrected chi connectivity index (χ1v) is 11.8. The van der Waals surface area contributed by atoms with Gasteiger partial charge >= 0.3 is 0 Å². The summed E-state index contributed by atoms with van der Waals surface area (Å²) >= 11 is 0. The zero-order valence-corrected chi connectivity index (χ0v) is 18.9. The summed E-state index contributed by atoms with van der Waals surface area (Å²) in [5, 5.41) is 6.37. The van der Waals surface area contributed by atoms with E-state index in [0.717, 1.165) is 42.7 Å². The number of rotatable bonds is 6. The standard InChI is InChI=1S/C28H27N3O3/c32-26(30-22-16-14-21(15-17-22)29-20-9-2-1-3-10-20)23-11-5-4-8-19(23)18-31-27(33)24-12-6-7-13-25(24)28(31)34/h1-3,6-7,9-10,12-17,19,23,29H,4-5,8,11,18H2,(H,30,32). The average molecular weight is 454 g/mol. The van der Waals surface area contributed by atoms with Crippen LogP contribution in [0.4, 0.5) is 17.1 Å². The molecule has 1 fully saturated rings. The number of anilines is 3. The van der Waals surface area contributed by atoms with Crippen LogP contribution in [0.1, 0.15) is 46.4 Å². The third kappa shape index (κ3) is 4.44. The van der Waals surface area contributed by atoms with Gasteiger partial charge < -0.3 is 10.6 Å². The SMILES string of the molecule is O=C(Nc1ccc(Nc2ccccc2)cc1)C1CCCCC1CN1C(=O)c2ccccc2C1=O. The summed E-state index contributed by atoms with van der Waals surface area (Å²) in [5.41, 5.74) is 3.57. The Labute approximate surface area is 199 Å². The fourth-order valence-electron chi connectivity index (χ4n) is 4.97. The van der Waals surface area contributed by atoms with Crippen molar-refractivity contribution in [1.29, 1.82) is 0 Å². The lowest BCUT2D eigenvalue weighted by molar-refractivity contribution is -0.122. The van der Waals surface area contributed by atoms with Crippen molar-refractivity contribution in [2.24, 2.45) is 11.8 Å². The van der Waals surface area contributed by atoms with Gasteiger partial charge in [-0.3, -0.25) is 19.3 Å². The molecule has 0 aromatic heterocycles. The van der Waals surface area contributed by atoms with E-state index in [1.165, 1.54) is 4.90 Å². The third-order valence-corrected chi connectivity index (χ3v) is 6.76. The minimum absolute atomic E-state index is 0.0463. The van der Waals surface area contributed by atoms with Crippen LogP contribution in [0.25, 0.3) is 0 Å². The average Bonchev–Trinajstić information content (AvgIpc) is 3.11. The maximum absolute atomic E-state index is 13.2. The largest absolute Gasteiger partial charge is 0.356 e. The van der Waals surface area contributed by atoms with E-state index in [1.807, 2.05) is 54.6 Å². The lowest BCUT2D eigenvalue weighted by Crippen LogP contribution is -2.41. The first-order chi connectivity index (χ1) is 16.6. The number of hydrogen-bond acceptors (Lipinski definition) is 4. The highest BCUT2D eigenvalue weighted by Gasteiger charge is 2.40. The minimum Gasteiger partial charge on any atom is -0.356 e. The Hall–Kier alpha value is -3.93. The Morgan fingerprint density at radius 2 is 1.29 bits per heavy atom. The molecular weight excluding hydrogens is 426 g/mol. The van der Waals surface area contributed by atoms with Crippen LogP contribution in [0, 0.1) is 11.8 Å². The molecule has 2 aliphatic rings. The fraction of sp³-hybridized carbons (Fsp3) is 0.250. The van der Waals surface area contributed by atoms with E-state index in [2.05, 4.69) is 10.6 Å². The number of benzene rings is 3. The Morgan fingerprint density at radius 3 is 1.97 bits per heavy atom. The predicted octanol–water partition coefficient (Wildman–Crippen LogP) is 5.47. The maximum Gasteiger partial charge on any atom is 0.261 e. The van der Waals surface area contributed by atoms with E-state index >= 15 is 0 Å². The molecule has 1 aliphatic carbocycles. The van der Waals surface area contributed by atoms with Gasteiger partial charge in [0.15, 0.2) is 0 Å². The van der Waals surface area contributed by atoms with E-state index in [9.17, 15) is 14.4 Å². The van der Waals surface area contributed by atoms with E-state index in [-0.39, 0.29) is 36.1 Å². The van der Waals surface area contributed by atoms with E-state index in [1.54, 1.807) is 24.3 Å². The van der Waals surface area contributed by atoms with Gasteiger partial charge in [-0.25, -0.2) is 0 Å². The van der Waals surface area contributed by atoms with Crippen LogP contribution in [0.15, 0.2) is 78.9 Å². The molecule has 3 aromatic rings. The molecule has 3 amide bonds. The van der Waals surface area contributed by atoms with Crippen molar-refractivity contribution in [3.63, 3.8) is 0 Å². The summed E-state index contributed by atoms with van der Waals surface area (Å²) < 4.78 is 0. The number of amides is 3. The lowest BCUT2D eigenvalue weighted by Gasteiger charge is -2.32. The Kier molecular flexibility index (Phi) is 6.12. The summed E-state index contributed by atoms with van der Waals surface area (Å²) in [6.45, 7) is 0.282. The molecule has 2 N–H and O–H groups in total. The highest BCUT2D eigenvalue weighted by Crippen LogP contribution is 2.34. The second-order valence-corrected chi connectivity index (χ2v) is 8.98. The molecule has 2 unspecified atom stereocenters. The number of fused-ring (bicyclic) bond motifs is 1. The van der Waals surface area contributed by atoms with Gasteiger partial charge in [-0.2, -0.15) is 0 Å². The highest BCUT2D eigenvalue weighted by atomic mass is 16.2. The van der Waals surface area contributed by atoms with Gasteiger partial charge in [0, 0.05) is 29.5 Å². The van der Waals surface area contributed by atoms with Crippen molar-refractivity contribution in [3.8, 4) is 0 Å². The quantitative estimate of drug-likeness (QED) is 0.485. The van der Waals surface area contributed by atoms with Crippen molar-refractivity contribution in [1.82, 2.24) is 4.90 Å². The van der Waals surface area contributed by atoms with Crippen molar-refractivity contribution >= 4 is 34.8 Å². The van der Waals surface area contributed by atoms with E-state index < -0.39 is 0 Å². The van der Waals surface area contributed by atoms with Crippen LogP contribution in [-0.2, 0) is 4.79 Å². The fourth-order valence-corrected chi connectivity index (χ4v) is 4.97.